The highest BCUT2D eigenvalue weighted by molar-refractivity contribution is 5.50. The van der Waals surface area contributed by atoms with E-state index < -0.39 is 0 Å². The third kappa shape index (κ3) is 1.11. The second-order valence-corrected chi connectivity index (χ2v) is 10.0. The van der Waals surface area contributed by atoms with Gasteiger partial charge < -0.3 is 0 Å². The quantitative estimate of drug-likeness (QED) is 0.571. The summed E-state index contributed by atoms with van der Waals surface area (Å²) in [5, 5.41) is 0. The van der Waals surface area contributed by atoms with Crippen LogP contribution in [0.1, 0.15) is 58.3 Å². The van der Waals surface area contributed by atoms with Crippen molar-refractivity contribution in [2.45, 2.75) is 58.3 Å². The first-order valence-electron chi connectivity index (χ1n) is 10.3. The average molecular weight is 292 g/mol. The Morgan fingerprint density at radius 1 is 0.591 bits per heavy atom. The van der Waals surface area contributed by atoms with Crippen molar-refractivity contribution in [1.82, 2.24) is 0 Å². The Hall–Kier alpha value is -0.520. The minimum absolute atomic E-state index is 0.946. The average Bonchev–Trinajstić information content (AvgIpc) is 2.82. The van der Waals surface area contributed by atoms with Crippen molar-refractivity contribution >= 4 is 0 Å². The lowest BCUT2D eigenvalue weighted by Gasteiger charge is -2.62. The Labute approximate surface area is 134 Å². The zero-order valence-corrected chi connectivity index (χ0v) is 13.9. The number of rotatable bonds is 1. The van der Waals surface area contributed by atoms with Crippen LogP contribution < -0.4 is 0 Å². The highest BCUT2D eigenvalue weighted by Gasteiger charge is 2.62. The van der Waals surface area contributed by atoms with Gasteiger partial charge in [-0.25, -0.2) is 0 Å². The molecule has 0 radical (unpaired) electrons. The van der Waals surface area contributed by atoms with Crippen molar-refractivity contribution in [3.63, 3.8) is 0 Å². The standard InChI is InChI=1S/C22H28/c1-10-6-11(7-17-13-2-3-14(13)20(10)17)12-8-18-19(9-12)22-16-5-4-15(16)21(18)22/h10-16,18-19H,2-9H2,1H3. The molecule has 7 rings (SSSR count). The van der Waals surface area contributed by atoms with Crippen LogP contribution >= 0.6 is 0 Å². The zero-order chi connectivity index (χ0) is 14.2. The lowest BCUT2D eigenvalue weighted by atomic mass is 9.43. The van der Waals surface area contributed by atoms with Gasteiger partial charge in [-0.3, -0.25) is 0 Å². The van der Waals surface area contributed by atoms with E-state index in [0.717, 1.165) is 53.3 Å². The summed E-state index contributed by atoms with van der Waals surface area (Å²) in [7, 11) is 0. The van der Waals surface area contributed by atoms with E-state index in [1.54, 1.807) is 32.1 Å². The van der Waals surface area contributed by atoms with Crippen molar-refractivity contribution in [1.29, 1.82) is 0 Å². The number of fused-ring (bicyclic) bond motifs is 9. The topological polar surface area (TPSA) is 0 Å². The minimum atomic E-state index is 0.946. The molecule has 0 aromatic carbocycles. The smallest absolute Gasteiger partial charge is 0.0129 e. The molecule has 3 fully saturated rings. The van der Waals surface area contributed by atoms with Crippen molar-refractivity contribution in [2.24, 2.45) is 53.3 Å². The molecule has 7 aliphatic carbocycles. The fourth-order valence-electron chi connectivity index (χ4n) is 8.51. The van der Waals surface area contributed by atoms with E-state index in [-0.39, 0.29) is 0 Å². The monoisotopic (exact) mass is 292 g/mol. The summed E-state index contributed by atoms with van der Waals surface area (Å²) in [5.41, 5.74) is 8.00. The predicted molar refractivity (Wildman–Crippen MR) is 88.1 cm³/mol. The summed E-state index contributed by atoms with van der Waals surface area (Å²) in [4.78, 5) is 0. The molecule has 116 valence electrons. The Kier molecular flexibility index (Phi) is 1.95. The first-order valence-corrected chi connectivity index (χ1v) is 10.3. The Morgan fingerprint density at radius 2 is 1.18 bits per heavy atom. The lowest BCUT2D eigenvalue weighted by Crippen LogP contribution is -2.52. The first-order chi connectivity index (χ1) is 10.8. The molecule has 0 saturated heterocycles. The van der Waals surface area contributed by atoms with Gasteiger partial charge in [-0.05, 0) is 105 Å². The second kappa shape index (κ2) is 3.60. The van der Waals surface area contributed by atoms with Gasteiger partial charge in [-0.15, -0.1) is 0 Å². The third-order valence-electron chi connectivity index (χ3n) is 9.63. The van der Waals surface area contributed by atoms with Gasteiger partial charge in [0.1, 0.15) is 0 Å². The molecule has 0 N–H and O–H groups in total. The molecule has 0 aliphatic heterocycles. The molecule has 8 unspecified atom stereocenters. The SMILES string of the molecule is CC1CC(C2CC3C4=C(C5CCC45)C3C2)CC2=C1C1CCC21. The fourth-order valence-corrected chi connectivity index (χ4v) is 8.51. The molecule has 7 aliphatic rings. The van der Waals surface area contributed by atoms with E-state index in [0.29, 0.717) is 0 Å². The maximum absolute atomic E-state index is 2.56. The van der Waals surface area contributed by atoms with Crippen LogP contribution in [0, 0.1) is 53.3 Å². The van der Waals surface area contributed by atoms with E-state index in [2.05, 4.69) is 6.92 Å². The molecule has 0 heteroatoms. The molecule has 0 bridgehead atoms. The molecule has 8 atom stereocenters. The van der Waals surface area contributed by atoms with Crippen LogP contribution in [0.3, 0.4) is 0 Å². The van der Waals surface area contributed by atoms with Crippen LogP contribution in [0.15, 0.2) is 22.3 Å². The van der Waals surface area contributed by atoms with Gasteiger partial charge in [-0.2, -0.15) is 0 Å². The molecule has 22 heavy (non-hydrogen) atoms. The lowest BCUT2D eigenvalue weighted by molar-refractivity contribution is 0.102. The van der Waals surface area contributed by atoms with Crippen LogP contribution in [0.25, 0.3) is 0 Å². The minimum Gasteiger partial charge on any atom is -0.0665 e. The van der Waals surface area contributed by atoms with Gasteiger partial charge in [-0.1, -0.05) is 29.2 Å². The van der Waals surface area contributed by atoms with Crippen molar-refractivity contribution < 1.29 is 0 Å². The number of hydrogen-bond acceptors (Lipinski definition) is 0. The first kappa shape index (κ1) is 11.9. The maximum Gasteiger partial charge on any atom is -0.0129 e. The molecule has 0 spiro atoms. The number of hydrogen-bond donors (Lipinski definition) is 0. The summed E-state index contributed by atoms with van der Waals surface area (Å²) in [5.74, 6) is 9.65. The van der Waals surface area contributed by atoms with E-state index >= 15 is 0 Å². The van der Waals surface area contributed by atoms with Gasteiger partial charge in [0.15, 0.2) is 0 Å². The fraction of sp³-hybridized carbons (Fsp3) is 0.818. The molecule has 0 amide bonds. The van der Waals surface area contributed by atoms with Crippen LogP contribution in [0.4, 0.5) is 0 Å². The summed E-state index contributed by atoms with van der Waals surface area (Å²) in [6.07, 6.45) is 12.5. The highest BCUT2D eigenvalue weighted by atomic mass is 14.7. The van der Waals surface area contributed by atoms with Gasteiger partial charge in [0.25, 0.3) is 0 Å². The van der Waals surface area contributed by atoms with E-state index in [1.165, 1.54) is 19.3 Å². The molecule has 0 heterocycles. The van der Waals surface area contributed by atoms with E-state index in [4.69, 9.17) is 0 Å². The maximum atomic E-state index is 2.56. The third-order valence-corrected chi connectivity index (χ3v) is 9.63. The van der Waals surface area contributed by atoms with Gasteiger partial charge in [0, 0.05) is 0 Å². The normalized spacial score (nSPS) is 59.6. The van der Waals surface area contributed by atoms with E-state index in [9.17, 15) is 0 Å². The molecule has 0 nitrogen and oxygen atoms in total. The van der Waals surface area contributed by atoms with Crippen LogP contribution in [0.2, 0.25) is 0 Å². The van der Waals surface area contributed by atoms with Crippen molar-refractivity contribution in [3.05, 3.63) is 22.3 Å². The van der Waals surface area contributed by atoms with Gasteiger partial charge >= 0.3 is 0 Å². The van der Waals surface area contributed by atoms with Crippen LogP contribution in [0.5, 0.6) is 0 Å². The summed E-state index contributed by atoms with van der Waals surface area (Å²) in [6.45, 7) is 2.56. The van der Waals surface area contributed by atoms with Gasteiger partial charge in [0.05, 0.1) is 0 Å². The Morgan fingerprint density at radius 3 is 1.77 bits per heavy atom. The molecule has 0 aromatic heterocycles. The van der Waals surface area contributed by atoms with Crippen LogP contribution in [-0.2, 0) is 0 Å². The van der Waals surface area contributed by atoms with Crippen molar-refractivity contribution in [2.75, 3.05) is 0 Å². The number of allylic oxidation sites excluding steroid dienone is 4. The highest BCUT2D eigenvalue weighted by Crippen LogP contribution is 2.73. The van der Waals surface area contributed by atoms with E-state index in [1.807, 2.05) is 22.3 Å². The van der Waals surface area contributed by atoms with Crippen LogP contribution in [-0.4, -0.2) is 0 Å². The summed E-state index contributed by atoms with van der Waals surface area (Å²) < 4.78 is 0. The molecular weight excluding hydrogens is 264 g/mol. The molecule has 3 saturated carbocycles. The van der Waals surface area contributed by atoms with Gasteiger partial charge in [0.2, 0.25) is 0 Å². The van der Waals surface area contributed by atoms with Crippen molar-refractivity contribution in [3.8, 4) is 0 Å². The predicted octanol–water partition coefficient (Wildman–Crippen LogP) is 5.36. The second-order valence-electron chi connectivity index (χ2n) is 10.0. The Balaban J connectivity index is 1.13. The summed E-state index contributed by atoms with van der Waals surface area (Å²) in [6, 6.07) is 0. The Bertz CT molecular complexity index is 621. The largest absolute Gasteiger partial charge is 0.0665 e. The zero-order valence-electron chi connectivity index (χ0n) is 13.9. The summed E-state index contributed by atoms with van der Waals surface area (Å²) >= 11 is 0. The molecule has 0 aromatic rings. The molecular formula is C22H28.